The molecule has 2 aromatic heterocycles. The summed E-state index contributed by atoms with van der Waals surface area (Å²) < 4.78 is 1.34. The third-order valence-electron chi connectivity index (χ3n) is 4.62. The molecule has 0 unspecified atom stereocenters. The Morgan fingerprint density at radius 3 is 2.71 bits per heavy atom. The van der Waals surface area contributed by atoms with Gasteiger partial charge in [0, 0.05) is 16.3 Å². The fourth-order valence-electron chi connectivity index (χ4n) is 2.95. The number of nitrogens with zero attached hydrogens (tertiary/aromatic N) is 4. The predicted molar refractivity (Wildman–Crippen MR) is 123 cm³/mol. The van der Waals surface area contributed by atoms with Gasteiger partial charge in [-0.3, -0.25) is 9.89 Å². The number of hydrogen-bond donors (Lipinski definition) is 3. The van der Waals surface area contributed by atoms with Crippen LogP contribution >= 0.6 is 23.4 Å². The SMILES string of the molecule is Cc1ccc(C)c(NC(=O)CSc2nnc(-c3cc(-c4ccc(Cl)cc4)n[nH]3)n2N)c1. The zero-order chi connectivity index (χ0) is 22.0. The van der Waals surface area contributed by atoms with Gasteiger partial charge in [0.25, 0.3) is 0 Å². The van der Waals surface area contributed by atoms with Crippen molar-refractivity contribution in [3.63, 3.8) is 0 Å². The maximum atomic E-state index is 12.4. The van der Waals surface area contributed by atoms with Crippen LogP contribution in [0.3, 0.4) is 0 Å². The summed E-state index contributed by atoms with van der Waals surface area (Å²) in [6, 6.07) is 15.1. The summed E-state index contributed by atoms with van der Waals surface area (Å²) in [5, 5.41) is 19.5. The summed E-state index contributed by atoms with van der Waals surface area (Å²) in [6.07, 6.45) is 0. The number of aromatic nitrogens is 5. The van der Waals surface area contributed by atoms with Gasteiger partial charge in [-0.25, -0.2) is 4.68 Å². The molecule has 0 saturated carbocycles. The van der Waals surface area contributed by atoms with Crippen LogP contribution in [-0.2, 0) is 4.79 Å². The van der Waals surface area contributed by atoms with Crippen LogP contribution < -0.4 is 11.2 Å². The molecule has 2 aromatic carbocycles. The second kappa shape index (κ2) is 8.83. The van der Waals surface area contributed by atoms with Gasteiger partial charge < -0.3 is 11.2 Å². The number of aromatic amines is 1. The fraction of sp³-hybridized carbons (Fsp3) is 0.143. The lowest BCUT2D eigenvalue weighted by atomic mass is 10.1. The average Bonchev–Trinajstić information content (AvgIpc) is 3.36. The van der Waals surface area contributed by atoms with E-state index in [1.54, 1.807) is 12.1 Å². The minimum atomic E-state index is -0.144. The van der Waals surface area contributed by atoms with Crippen LogP contribution in [0.15, 0.2) is 53.7 Å². The van der Waals surface area contributed by atoms with Crippen molar-refractivity contribution in [2.45, 2.75) is 19.0 Å². The summed E-state index contributed by atoms with van der Waals surface area (Å²) in [5.41, 5.74) is 5.14. The monoisotopic (exact) mass is 453 g/mol. The van der Waals surface area contributed by atoms with Crippen molar-refractivity contribution in [3.8, 4) is 22.8 Å². The normalized spacial score (nSPS) is 10.9. The second-order valence-corrected chi connectivity index (χ2v) is 8.38. The van der Waals surface area contributed by atoms with Crippen molar-refractivity contribution in [2.75, 3.05) is 16.9 Å². The number of thioether (sulfide) groups is 1. The number of benzene rings is 2. The fourth-order valence-corrected chi connectivity index (χ4v) is 3.73. The van der Waals surface area contributed by atoms with Crippen molar-refractivity contribution < 1.29 is 4.79 Å². The lowest BCUT2D eigenvalue weighted by Crippen LogP contribution is -2.17. The largest absolute Gasteiger partial charge is 0.335 e. The first-order valence-electron chi connectivity index (χ1n) is 9.43. The highest BCUT2D eigenvalue weighted by Gasteiger charge is 2.16. The first-order valence-corrected chi connectivity index (χ1v) is 10.8. The van der Waals surface area contributed by atoms with Crippen LogP contribution in [0.5, 0.6) is 0 Å². The van der Waals surface area contributed by atoms with Gasteiger partial charge in [0.05, 0.1) is 11.4 Å². The number of halogens is 1. The van der Waals surface area contributed by atoms with Gasteiger partial charge in [-0.1, -0.05) is 47.6 Å². The zero-order valence-corrected chi connectivity index (χ0v) is 18.5. The quantitative estimate of drug-likeness (QED) is 0.299. The van der Waals surface area contributed by atoms with E-state index >= 15 is 0 Å². The Kier molecular flexibility index (Phi) is 5.97. The van der Waals surface area contributed by atoms with Gasteiger partial charge in [0.15, 0.2) is 0 Å². The van der Waals surface area contributed by atoms with Gasteiger partial charge >= 0.3 is 0 Å². The van der Waals surface area contributed by atoms with Gasteiger partial charge in [-0.05, 0) is 49.2 Å². The molecule has 31 heavy (non-hydrogen) atoms. The Hall–Kier alpha value is -3.30. The molecule has 4 rings (SSSR count). The van der Waals surface area contributed by atoms with Gasteiger partial charge in [-0.2, -0.15) is 5.10 Å². The van der Waals surface area contributed by atoms with E-state index in [4.69, 9.17) is 17.4 Å². The van der Waals surface area contributed by atoms with Gasteiger partial charge in [0.1, 0.15) is 5.69 Å². The lowest BCUT2D eigenvalue weighted by Gasteiger charge is -2.09. The summed E-state index contributed by atoms with van der Waals surface area (Å²) in [5.74, 6) is 6.59. The van der Waals surface area contributed by atoms with E-state index in [1.807, 2.05) is 50.2 Å². The van der Waals surface area contributed by atoms with E-state index in [0.717, 1.165) is 28.1 Å². The Bertz CT molecular complexity index is 1230. The van der Waals surface area contributed by atoms with Crippen molar-refractivity contribution in [2.24, 2.45) is 0 Å². The smallest absolute Gasteiger partial charge is 0.234 e. The number of nitrogen functional groups attached to an aromatic ring is 1. The number of anilines is 1. The van der Waals surface area contributed by atoms with Crippen molar-refractivity contribution in [1.82, 2.24) is 25.1 Å². The molecule has 0 radical (unpaired) electrons. The first kappa shape index (κ1) is 21.0. The van der Waals surface area contributed by atoms with Crippen LogP contribution in [0.4, 0.5) is 5.69 Å². The number of aryl methyl sites for hydroxylation is 2. The molecule has 8 nitrogen and oxygen atoms in total. The number of carbonyl (C=O) groups is 1. The summed E-state index contributed by atoms with van der Waals surface area (Å²) >= 11 is 7.15. The molecule has 10 heteroatoms. The molecule has 158 valence electrons. The molecule has 0 aliphatic heterocycles. The summed E-state index contributed by atoms with van der Waals surface area (Å²) in [4.78, 5) is 12.4. The maximum Gasteiger partial charge on any atom is 0.234 e. The predicted octanol–water partition coefficient (Wildman–Crippen LogP) is 4.05. The van der Waals surface area contributed by atoms with Crippen molar-refractivity contribution in [1.29, 1.82) is 0 Å². The standard InChI is InChI=1S/C21H20ClN7OS/c1-12-3-4-13(2)16(9-12)24-19(30)11-31-21-28-27-20(29(21)23)18-10-17(25-26-18)14-5-7-15(22)8-6-14/h3-10H,11,23H2,1-2H3,(H,24,30)(H,25,26). The second-order valence-electron chi connectivity index (χ2n) is 7.01. The van der Waals surface area contributed by atoms with Crippen LogP contribution in [-0.4, -0.2) is 36.7 Å². The third-order valence-corrected chi connectivity index (χ3v) is 5.82. The molecule has 0 aliphatic carbocycles. The van der Waals surface area contributed by atoms with E-state index in [9.17, 15) is 4.79 Å². The molecule has 0 saturated heterocycles. The van der Waals surface area contributed by atoms with E-state index in [0.29, 0.717) is 21.7 Å². The first-order chi connectivity index (χ1) is 14.9. The van der Waals surface area contributed by atoms with Gasteiger partial charge in [-0.15, -0.1) is 10.2 Å². The number of hydrogen-bond acceptors (Lipinski definition) is 6. The maximum absolute atomic E-state index is 12.4. The molecule has 0 bridgehead atoms. The Balaban J connectivity index is 1.43. The van der Waals surface area contributed by atoms with E-state index in [-0.39, 0.29) is 11.7 Å². The summed E-state index contributed by atoms with van der Waals surface area (Å²) in [7, 11) is 0. The third kappa shape index (κ3) is 4.73. The number of carbonyl (C=O) groups excluding carboxylic acids is 1. The molecule has 4 N–H and O–H groups in total. The summed E-state index contributed by atoms with van der Waals surface area (Å²) in [6.45, 7) is 3.93. The molecule has 4 aromatic rings. The van der Waals surface area contributed by atoms with Crippen molar-refractivity contribution in [3.05, 3.63) is 64.7 Å². The van der Waals surface area contributed by atoms with Crippen LogP contribution in [0.25, 0.3) is 22.8 Å². The Morgan fingerprint density at radius 2 is 1.94 bits per heavy atom. The van der Waals surface area contributed by atoms with Crippen molar-refractivity contribution >= 4 is 35.0 Å². The number of nitrogens with two attached hydrogens (primary N) is 1. The van der Waals surface area contributed by atoms with Crippen LogP contribution in [0.2, 0.25) is 5.02 Å². The highest BCUT2D eigenvalue weighted by molar-refractivity contribution is 7.99. The van der Waals surface area contributed by atoms with E-state index < -0.39 is 0 Å². The average molecular weight is 454 g/mol. The molecule has 2 heterocycles. The highest BCUT2D eigenvalue weighted by Crippen LogP contribution is 2.25. The van der Waals surface area contributed by atoms with E-state index in [2.05, 4.69) is 25.7 Å². The highest BCUT2D eigenvalue weighted by atomic mass is 35.5. The minimum Gasteiger partial charge on any atom is -0.335 e. The number of amides is 1. The Morgan fingerprint density at radius 1 is 1.16 bits per heavy atom. The molecule has 0 fully saturated rings. The van der Waals surface area contributed by atoms with E-state index in [1.165, 1.54) is 16.4 Å². The molecular weight excluding hydrogens is 434 g/mol. The molecule has 0 aliphatic rings. The minimum absolute atomic E-state index is 0.144. The van der Waals surface area contributed by atoms with Crippen LogP contribution in [0, 0.1) is 13.8 Å². The van der Waals surface area contributed by atoms with Gasteiger partial charge in [0.2, 0.25) is 16.9 Å². The molecule has 1 amide bonds. The zero-order valence-electron chi connectivity index (χ0n) is 16.9. The number of nitrogens with one attached hydrogen (secondary N) is 2. The Labute approximate surface area is 188 Å². The molecule has 0 atom stereocenters. The molecule has 0 spiro atoms. The lowest BCUT2D eigenvalue weighted by molar-refractivity contribution is -0.113. The number of H-pyrrole nitrogens is 1. The molecular formula is C21H20ClN7OS. The number of rotatable bonds is 6. The van der Waals surface area contributed by atoms with Crippen LogP contribution in [0.1, 0.15) is 11.1 Å². The topological polar surface area (TPSA) is 115 Å².